The van der Waals surface area contributed by atoms with Crippen LogP contribution in [-0.2, 0) is 4.79 Å². The van der Waals surface area contributed by atoms with Crippen LogP contribution in [0.5, 0.6) is 0 Å². The van der Waals surface area contributed by atoms with Crippen molar-refractivity contribution in [1.29, 1.82) is 0 Å². The summed E-state index contributed by atoms with van der Waals surface area (Å²) in [4.78, 5) is 12.2. The van der Waals surface area contributed by atoms with Gasteiger partial charge < -0.3 is 4.90 Å². The highest BCUT2D eigenvalue weighted by atomic mass is 35.5. The summed E-state index contributed by atoms with van der Waals surface area (Å²) >= 11 is 5.64. The molecule has 0 atom stereocenters. The maximum atomic E-state index is 10.7. The van der Waals surface area contributed by atoms with Crippen LogP contribution in [0.4, 0.5) is 0 Å². The van der Waals surface area contributed by atoms with Crippen LogP contribution in [-0.4, -0.2) is 17.4 Å². The Kier molecular flexibility index (Phi) is 1.76. The van der Waals surface area contributed by atoms with Crippen molar-refractivity contribution in [3.05, 3.63) is 11.2 Å². The lowest BCUT2D eigenvalue weighted by Gasteiger charge is -2.11. The maximum absolute atomic E-state index is 10.7. The SMILES string of the molecule is CC(=O)N1CCC=C1Cl. The molecule has 3 heteroatoms. The van der Waals surface area contributed by atoms with E-state index >= 15 is 0 Å². The van der Waals surface area contributed by atoms with Crippen molar-refractivity contribution in [2.45, 2.75) is 13.3 Å². The van der Waals surface area contributed by atoms with Gasteiger partial charge in [0.25, 0.3) is 0 Å². The van der Waals surface area contributed by atoms with Gasteiger partial charge in [-0.1, -0.05) is 11.6 Å². The molecule has 1 amide bonds. The fourth-order valence-corrected chi connectivity index (χ4v) is 1.15. The van der Waals surface area contributed by atoms with Gasteiger partial charge in [0.2, 0.25) is 5.91 Å². The summed E-state index contributed by atoms with van der Waals surface area (Å²) < 4.78 is 0. The smallest absolute Gasteiger partial charge is 0.224 e. The second-order valence-electron chi connectivity index (χ2n) is 1.99. The molecule has 1 aliphatic heterocycles. The van der Waals surface area contributed by atoms with Crippen LogP contribution in [0.25, 0.3) is 0 Å². The zero-order valence-corrected chi connectivity index (χ0v) is 5.98. The number of carbonyl (C=O) groups excluding carboxylic acids is 1. The summed E-state index contributed by atoms with van der Waals surface area (Å²) in [5.41, 5.74) is 0. The first-order valence-corrected chi connectivity index (χ1v) is 3.23. The van der Waals surface area contributed by atoms with E-state index in [1.165, 1.54) is 6.92 Å². The monoisotopic (exact) mass is 145 g/mol. The average Bonchev–Trinajstić information content (AvgIpc) is 2.13. The van der Waals surface area contributed by atoms with Gasteiger partial charge in [-0.15, -0.1) is 0 Å². The van der Waals surface area contributed by atoms with Crippen LogP contribution in [0.15, 0.2) is 11.2 Å². The van der Waals surface area contributed by atoms with Crippen molar-refractivity contribution >= 4 is 17.5 Å². The van der Waals surface area contributed by atoms with Crippen molar-refractivity contribution in [3.8, 4) is 0 Å². The Morgan fingerprint density at radius 2 is 2.56 bits per heavy atom. The summed E-state index contributed by atoms with van der Waals surface area (Å²) in [6.45, 7) is 2.26. The topological polar surface area (TPSA) is 20.3 Å². The maximum Gasteiger partial charge on any atom is 0.224 e. The number of hydrogen-bond acceptors (Lipinski definition) is 1. The van der Waals surface area contributed by atoms with E-state index in [1.54, 1.807) is 4.90 Å². The molecule has 1 heterocycles. The lowest BCUT2D eigenvalue weighted by atomic mass is 10.5. The highest BCUT2D eigenvalue weighted by Gasteiger charge is 2.15. The molecule has 0 aliphatic carbocycles. The third kappa shape index (κ3) is 1.24. The molecule has 0 saturated heterocycles. The van der Waals surface area contributed by atoms with Crippen LogP contribution >= 0.6 is 11.6 Å². The minimum atomic E-state index is 0.0220. The molecule has 0 radical (unpaired) electrons. The fourth-order valence-electron chi connectivity index (χ4n) is 0.838. The van der Waals surface area contributed by atoms with Gasteiger partial charge in [-0.2, -0.15) is 0 Å². The molecule has 50 valence electrons. The number of halogens is 1. The van der Waals surface area contributed by atoms with Crippen LogP contribution in [0.1, 0.15) is 13.3 Å². The van der Waals surface area contributed by atoms with Gasteiger partial charge in [0, 0.05) is 13.5 Å². The predicted octanol–water partition coefficient (Wildman–Crippen LogP) is 1.32. The number of nitrogens with zero attached hydrogens (tertiary/aromatic N) is 1. The quantitative estimate of drug-likeness (QED) is 0.471. The lowest BCUT2D eigenvalue weighted by molar-refractivity contribution is -0.126. The van der Waals surface area contributed by atoms with Gasteiger partial charge in [0.15, 0.2) is 0 Å². The molecule has 1 aliphatic rings. The molecular formula is C6H8ClNO. The molecule has 0 bridgehead atoms. The van der Waals surface area contributed by atoms with Crippen molar-refractivity contribution in [2.24, 2.45) is 0 Å². The number of carbonyl (C=O) groups is 1. The molecule has 2 nitrogen and oxygen atoms in total. The molecule has 9 heavy (non-hydrogen) atoms. The van der Waals surface area contributed by atoms with E-state index in [9.17, 15) is 4.79 Å². The van der Waals surface area contributed by atoms with Gasteiger partial charge in [0.05, 0.1) is 0 Å². The minimum Gasteiger partial charge on any atom is -0.303 e. The lowest BCUT2D eigenvalue weighted by Crippen LogP contribution is -2.22. The molecule has 0 aromatic heterocycles. The van der Waals surface area contributed by atoms with Crippen LogP contribution < -0.4 is 0 Å². The molecular weight excluding hydrogens is 138 g/mol. The zero-order valence-electron chi connectivity index (χ0n) is 5.22. The van der Waals surface area contributed by atoms with E-state index in [4.69, 9.17) is 11.6 Å². The van der Waals surface area contributed by atoms with E-state index in [-0.39, 0.29) is 5.91 Å². The summed E-state index contributed by atoms with van der Waals surface area (Å²) in [6.07, 6.45) is 2.74. The van der Waals surface area contributed by atoms with Gasteiger partial charge in [-0.3, -0.25) is 4.79 Å². The molecule has 0 unspecified atom stereocenters. The van der Waals surface area contributed by atoms with Crippen molar-refractivity contribution in [3.63, 3.8) is 0 Å². The number of amides is 1. The average molecular weight is 146 g/mol. The van der Waals surface area contributed by atoms with Gasteiger partial charge in [0.1, 0.15) is 5.16 Å². The zero-order chi connectivity index (χ0) is 6.85. The van der Waals surface area contributed by atoms with Crippen molar-refractivity contribution in [2.75, 3.05) is 6.54 Å². The molecule has 0 N–H and O–H groups in total. The standard InChI is InChI=1S/C6H8ClNO/c1-5(9)8-4-2-3-6(8)7/h3H,2,4H2,1H3. The summed E-state index contributed by atoms with van der Waals surface area (Å²) in [5.74, 6) is 0.0220. The highest BCUT2D eigenvalue weighted by Crippen LogP contribution is 2.17. The van der Waals surface area contributed by atoms with Crippen LogP contribution in [0.2, 0.25) is 0 Å². The molecule has 0 spiro atoms. The number of rotatable bonds is 0. The third-order valence-corrected chi connectivity index (χ3v) is 1.66. The highest BCUT2D eigenvalue weighted by molar-refractivity contribution is 6.30. The van der Waals surface area contributed by atoms with Crippen LogP contribution in [0.3, 0.4) is 0 Å². The van der Waals surface area contributed by atoms with E-state index < -0.39 is 0 Å². The molecule has 0 aromatic carbocycles. The Hall–Kier alpha value is -0.500. The molecule has 0 aromatic rings. The first kappa shape index (κ1) is 6.62. The molecule has 0 fully saturated rings. The second kappa shape index (κ2) is 2.40. The molecule has 0 saturated carbocycles. The second-order valence-corrected chi connectivity index (χ2v) is 2.37. The van der Waals surface area contributed by atoms with Crippen LogP contribution in [0, 0.1) is 0 Å². The van der Waals surface area contributed by atoms with E-state index in [1.807, 2.05) is 6.08 Å². The number of hydrogen-bond donors (Lipinski definition) is 0. The summed E-state index contributed by atoms with van der Waals surface area (Å²) in [5, 5.41) is 0.572. The van der Waals surface area contributed by atoms with Gasteiger partial charge >= 0.3 is 0 Å². The normalized spacial score (nSPS) is 18.0. The first-order valence-electron chi connectivity index (χ1n) is 2.85. The molecule has 1 rings (SSSR count). The Bertz CT molecular complexity index is 164. The minimum absolute atomic E-state index is 0.0220. The Labute approximate surface area is 59.1 Å². The van der Waals surface area contributed by atoms with Crippen molar-refractivity contribution in [1.82, 2.24) is 4.90 Å². The predicted molar refractivity (Wildman–Crippen MR) is 35.9 cm³/mol. The van der Waals surface area contributed by atoms with Crippen molar-refractivity contribution < 1.29 is 4.79 Å². The Morgan fingerprint density at radius 3 is 2.78 bits per heavy atom. The summed E-state index contributed by atoms with van der Waals surface area (Å²) in [6, 6.07) is 0. The van der Waals surface area contributed by atoms with E-state index in [0.717, 1.165) is 13.0 Å². The van der Waals surface area contributed by atoms with Gasteiger partial charge in [-0.05, 0) is 12.5 Å². The van der Waals surface area contributed by atoms with E-state index in [2.05, 4.69) is 0 Å². The fraction of sp³-hybridized carbons (Fsp3) is 0.500. The van der Waals surface area contributed by atoms with E-state index in [0.29, 0.717) is 5.16 Å². The first-order chi connectivity index (χ1) is 4.22. The summed E-state index contributed by atoms with van der Waals surface area (Å²) in [7, 11) is 0. The third-order valence-electron chi connectivity index (χ3n) is 1.30. The Morgan fingerprint density at radius 1 is 1.89 bits per heavy atom. The largest absolute Gasteiger partial charge is 0.303 e. The van der Waals surface area contributed by atoms with Gasteiger partial charge in [-0.25, -0.2) is 0 Å². The Balaban J connectivity index is 2.63.